The molecule has 0 saturated carbocycles. The highest BCUT2D eigenvalue weighted by Gasteiger charge is 2.16. The molecule has 1 aromatic carbocycles. The molecule has 1 amide bonds. The van der Waals surface area contributed by atoms with Crippen molar-refractivity contribution in [2.24, 2.45) is 0 Å². The zero-order valence-corrected chi connectivity index (χ0v) is 13.3. The van der Waals surface area contributed by atoms with Gasteiger partial charge in [-0.2, -0.15) is 0 Å². The van der Waals surface area contributed by atoms with Crippen molar-refractivity contribution in [1.82, 2.24) is 4.90 Å². The van der Waals surface area contributed by atoms with E-state index in [9.17, 15) is 9.59 Å². The van der Waals surface area contributed by atoms with Crippen LogP contribution in [0.25, 0.3) is 0 Å². The smallest absolute Gasteiger partial charge is 0.307 e. The van der Waals surface area contributed by atoms with E-state index in [2.05, 4.69) is 27.3 Å². The summed E-state index contributed by atoms with van der Waals surface area (Å²) in [5.74, 6) is -0.335. The number of hydrogen-bond acceptors (Lipinski definition) is 3. The van der Waals surface area contributed by atoms with Crippen molar-refractivity contribution in [3.8, 4) is 0 Å². The standard InChI is InChI=1S/C14H18INO3/c1-3-9-16(10-8-13(17)19-2)14(18)11-4-6-12(15)7-5-11/h4-7H,3,8-10H2,1-2H3. The van der Waals surface area contributed by atoms with Crippen LogP contribution >= 0.6 is 22.6 Å². The molecule has 104 valence electrons. The lowest BCUT2D eigenvalue weighted by molar-refractivity contribution is -0.140. The highest BCUT2D eigenvalue weighted by Crippen LogP contribution is 2.10. The van der Waals surface area contributed by atoms with Crippen molar-refractivity contribution in [3.05, 3.63) is 33.4 Å². The first-order valence-electron chi connectivity index (χ1n) is 6.20. The number of esters is 1. The normalized spacial score (nSPS) is 10.1. The van der Waals surface area contributed by atoms with E-state index >= 15 is 0 Å². The summed E-state index contributed by atoms with van der Waals surface area (Å²) in [6, 6.07) is 7.42. The molecular weight excluding hydrogens is 357 g/mol. The summed E-state index contributed by atoms with van der Waals surface area (Å²) in [5, 5.41) is 0. The quantitative estimate of drug-likeness (QED) is 0.568. The Morgan fingerprint density at radius 2 is 1.84 bits per heavy atom. The molecule has 0 aliphatic carbocycles. The second-order valence-corrected chi connectivity index (χ2v) is 5.37. The Morgan fingerprint density at radius 3 is 2.37 bits per heavy atom. The van der Waals surface area contributed by atoms with Crippen LogP contribution in [0.4, 0.5) is 0 Å². The summed E-state index contributed by atoms with van der Waals surface area (Å²) in [7, 11) is 1.35. The number of amides is 1. The van der Waals surface area contributed by atoms with Crippen LogP contribution in [0, 0.1) is 3.57 Å². The number of methoxy groups -OCH3 is 1. The predicted octanol–water partition coefficient (Wildman–Crippen LogP) is 2.71. The van der Waals surface area contributed by atoms with Gasteiger partial charge in [0.05, 0.1) is 13.5 Å². The number of ether oxygens (including phenoxy) is 1. The molecule has 5 heteroatoms. The summed E-state index contributed by atoms with van der Waals surface area (Å²) >= 11 is 2.20. The fourth-order valence-electron chi connectivity index (χ4n) is 1.69. The summed E-state index contributed by atoms with van der Waals surface area (Å²) in [4.78, 5) is 25.2. The average molecular weight is 375 g/mol. The van der Waals surface area contributed by atoms with Crippen molar-refractivity contribution >= 4 is 34.5 Å². The van der Waals surface area contributed by atoms with Gasteiger partial charge in [0.1, 0.15) is 0 Å². The summed E-state index contributed by atoms with van der Waals surface area (Å²) in [6.45, 7) is 3.04. The first-order chi connectivity index (χ1) is 9.08. The van der Waals surface area contributed by atoms with Gasteiger partial charge >= 0.3 is 5.97 Å². The van der Waals surface area contributed by atoms with Gasteiger partial charge in [-0.15, -0.1) is 0 Å². The molecule has 0 radical (unpaired) electrons. The largest absolute Gasteiger partial charge is 0.469 e. The molecule has 1 rings (SSSR count). The summed E-state index contributed by atoms with van der Waals surface area (Å²) < 4.78 is 5.69. The second kappa shape index (κ2) is 8.14. The lowest BCUT2D eigenvalue weighted by atomic mass is 10.2. The van der Waals surface area contributed by atoms with Crippen molar-refractivity contribution < 1.29 is 14.3 Å². The fraction of sp³-hybridized carbons (Fsp3) is 0.429. The number of nitrogens with zero attached hydrogens (tertiary/aromatic N) is 1. The van der Waals surface area contributed by atoms with E-state index in [1.807, 2.05) is 31.2 Å². The summed E-state index contributed by atoms with van der Waals surface area (Å²) in [5.41, 5.74) is 0.652. The van der Waals surface area contributed by atoms with Crippen LogP contribution in [-0.4, -0.2) is 37.0 Å². The molecule has 0 bridgehead atoms. The number of hydrogen-bond donors (Lipinski definition) is 0. The van der Waals surface area contributed by atoms with Gasteiger partial charge in [-0.05, 0) is 53.3 Å². The van der Waals surface area contributed by atoms with Gasteiger partial charge in [0.2, 0.25) is 0 Å². The lowest BCUT2D eigenvalue weighted by Crippen LogP contribution is -2.33. The van der Waals surface area contributed by atoms with Crippen LogP contribution in [0.2, 0.25) is 0 Å². The van der Waals surface area contributed by atoms with E-state index in [1.165, 1.54) is 7.11 Å². The Labute approximate surface area is 127 Å². The zero-order valence-electron chi connectivity index (χ0n) is 11.2. The Balaban J connectivity index is 2.71. The average Bonchev–Trinajstić information content (AvgIpc) is 2.43. The monoisotopic (exact) mass is 375 g/mol. The molecule has 0 spiro atoms. The maximum absolute atomic E-state index is 12.3. The number of rotatable bonds is 6. The highest BCUT2D eigenvalue weighted by atomic mass is 127. The van der Waals surface area contributed by atoms with Gasteiger partial charge in [0.25, 0.3) is 5.91 Å². The van der Waals surface area contributed by atoms with Crippen molar-refractivity contribution in [2.45, 2.75) is 19.8 Å². The lowest BCUT2D eigenvalue weighted by Gasteiger charge is -2.21. The Hall–Kier alpha value is -1.11. The zero-order chi connectivity index (χ0) is 14.3. The Kier molecular flexibility index (Phi) is 6.83. The van der Waals surface area contributed by atoms with Crippen LogP contribution in [0.3, 0.4) is 0 Å². The first-order valence-corrected chi connectivity index (χ1v) is 7.28. The van der Waals surface area contributed by atoms with Gasteiger partial charge in [-0.3, -0.25) is 9.59 Å². The predicted molar refractivity (Wildman–Crippen MR) is 82.0 cm³/mol. The SMILES string of the molecule is CCCN(CCC(=O)OC)C(=O)c1ccc(I)cc1. The fourth-order valence-corrected chi connectivity index (χ4v) is 2.05. The van der Waals surface area contributed by atoms with Crippen LogP contribution in [0.5, 0.6) is 0 Å². The van der Waals surface area contributed by atoms with E-state index in [0.29, 0.717) is 18.7 Å². The third-order valence-corrected chi connectivity index (χ3v) is 3.40. The minimum Gasteiger partial charge on any atom is -0.469 e. The van der Waals surface area contributed by atoms with Gasteiger partial charge < -0.3 is 9.64 Å². The molecule has 0 aliphatic rings. The number of benzene rings is 1. The van der Waals surface area contributed by atoms with E-state index in [0.717, 1.165) is 9.99 Å². The second-order valence-electron chi connectivity index (χ2n) is 4.13. The van der Waals surface area contributed by atoms with Crippen LogP contribution < -0.4 is 0 Å². The van der Waals surface area contributed by atoms with E-state index < -0.39 is 0 Å². The Bertz CT molecular complexity index is 431. The molecule has 0 saturated heterocycles. The maximum atomic E-state index is 12.3. The molecule has 0 aromatic heterocycles. The Morgan fingerprint density at radius 1 is 1.21 bits per heavy atom. The molecule has 0 unspecified atom stereocenters. The third-order valence-electron chi connectivity index (χ3n) is 2.69. The third kappa shape index (κ3) is 5.18. The molecule has 0 aliphatic heterocycles. The first kappa shape index (κ1) is 15.9. The molecular formula is C14H18INO3. The molecule has 0 atom stereocenters. The van der Waals surface area contributed by atoms with Crippen LogP contribution in [0.15, 0.2) is 24.3 Å². The van der Waals surface area contributed by atoms with Gasteiger partial charge in [0, 0.05) is 22.2 Å². The van der Waals surface area contributed by atoms with Gasteiger partial charge in [0.15, 0.2) is 0 Å². The van der Waals surface area contributed by atoms with Gasteiger partial charge in [-0.25, -0.2) is 0 Å². The molecule has 0 N–H and O–H groups in total. The highest BCUT2D eigenvalue weighted by molar-refractivity contribution is 14.1. The van der Waals surface area contributed by atoms with Crippen molar-refractivity contribution in [3.63, 3.8) is 0 Å². The molecule has 4 nitrogen and oxygen atoms in total. The van der Waals surface area contributed by atoms with E-state index in [-0.39, 0.29) is 18.3 Å². The molecule has 0 fully saturated rings. The molecule has 0 heterocycles. The topological polar surface area (TPSA) is 46.6 Å². The molecule has 1 aromatic rings. The number of carbonyl (C=O) groups is 2. The summed E-state index contributed by atoms with van der Waals surface area (Å²) in [6.07, 6.45) is 1.09. The minimum atomic E-state index is -0.295. The maximum Gasteiger partial charge on any atom is 0.307 e. The van der Waals surface area contributed by atoms with Gasteiger partial charge in [-0.1, -0.05) is 6.92 Å². The van der Waals surface area contributed by atoms with Crippen LogP contribution in [0.1, 0.15) is 30.1 Å². The number of halogens is 1. The minimum absolute atomic E-state index is 0.0397. The van der Waals surface area contributed by atoms with Crippen LogP contribution in [-0.2, 0) is 9.53 Å². The number of carbonyl (C=O) groups excluding carboxylic acids is 2. The van der Waals surface area contributed by atoms with Crippen molar-refractivity contribution in [2.75, 3.05) is 20.2 Å². The van der Waals surface area contributed by atoms with E-state index in [4.69, 9.17) is 0 Å². The van der Waals surface area contributed by atoms with Crippen molar-refractivity contribution in [1.29, 1.82) is 0 Å². The van der Waals surface area contributed by atoms with E-state index in [1.54, 1.807) is 4.90 Å². The molecule has 19 heavy (non-hydrogen) atoms.